The van der Waals surface area contributed by atoms with Crippen molar-refractivity contribution in [2.24, 2.45) is 0 Å². The predicted molar refractivity (Wildman–Crippen MR) is 65.6 cm³/mol. The molecule has 0 amide bonds. The Hall–Kier alpha value is -1.88. The van der Waals surface area contributed by atoms with Crippen LogP contribution < -0.4 is 5.56 Å². The van der Waals surface area contributed by atoms with E-state index in [1.54, 1.807) is 0 Å². The molecule has 0 aliphatic rings. The fourth-order valence-corrected chi connectivity index (χ4v) is 1.94. The first-order valence-corrected chi connectivity index (χ1v) is 5.51. The molecule has 0 unspecified atom stereocenters. The second-order valence-corrected chi connectivity index (χ2v) is 3.96. The SMILES string of the molecule is O=c1cc(CCCl)c2cc([N+](=O)[O-])ccc2[nH]1. The summed E-state index contributed by atoms with van der Waals surface area (Å²) in [5.74, 6) is 0.362. The van der Waals surface area contributed by atoms with Crippen LogP contribution in [0.25, 0.3) is 10.9 Å². The van der Waals surface area contributed by atoms with Crippen LogP contribution in [0.2, 0.25) is 0 Å². The molecule has 6 heteroatoms. The zero-order chi connectivity index (χ0) is 12.4. The van der Waals surface area contributed by atoms with Gasteiger partial charge in [-0.2, -0.15) is 0 Å². The van der Waals surface area contributed by atoms with Gasteiger partial charge in [0.1, 0.15) is 0 Å². The number of benzene rings is 1. The number of H-pyrrole nitrogens is 1. The molecular formula is C11H9ClN2O3. The van der Waals surface area contributed by atoms with Crippen LogP contribution >= 0.6 is 11.6 Å². The number of nitro groups is 1. The van der Waals surface area contributed by atoms with Gasteiger partial charge in [-0.25, -0.2) is 0 Å². The summed E-state index contributed by atoms with van der Waals surface area (Å²) >= 11 is 5.64. The van der Waals surface area contributed by atoms with E-state index in [1.807, 2.05) is 0 Å². The molecule has 0 atom stereocenters. The molecule has 2 rings (SSSR count). The van der Waals surface area contributed by atoms with Crippen molar-refractivity contribution in [2.75, 3.05) is 5.88 Å². The highest BCUT2D eigenvalue weighted by Gasteiger charge is 2.09. The lowest BCUT2D eigenvalue weighted by molar-refractivity contribution is -0.384. The molecule has 0 bridgehead atoms. The van der Waals surface area contributed by atoms with Gasteiger partial charge >= 0.3 is 0 Å². The van der Waals surface area contributed by atoms with Gasteiger partial charge in [0, 0.05) is 35.0 Å². The van der Waals surface area contributed by atoms with Crippen LogP contribution in [-0.4, -0.2) is 15.8 Å². The van der Waals surface area contributed by atoms with Crippen LogP contribution in [0.4, 0.5) is 5.69 Å². The van der Waals surface area contributed by atoms with Gasteiger partial charge in [0.15, 0.2) is 0 Å². The summed E-state index contributed by atoms with van der Waals surface area (Å²) in [6.45, 7) is 0. The van der Waals surface area contributed by atoms with Crippen molar-refractivity contribution in [3.63, 3.8) is 0 Å². The van der Waals surface area contributed by atoms with Crippen LogP contribution in [-0.2, 0) is 6.42 Å². The molecule has 1 aromatic carbocycles. The number of hydrogen-bond acceptors (Lipinski definition) is 3. The number of halogens is 1. The van der Waals surface area contributed by atoms with Crippen molar-refractivity contribution in [3.05, 3.63) is 50.3 Å². The van der Waals surface area contributed by atoms with E-state index in [9.17, 15) is 14.9 Å². The minimum atomic E-state index is -0.463. The summed E-state index contributed by atoms with van der Waals surface area (Å²) in [6, 6.07) is 5.77. The smallest absolute Gasteiger partial charge is 0.270 e. The first-order chi connectivity index (χ1) is 8.11. The lowest BCUT2D eigenvalue weighted by Gasteiger charge is -2.04. The average Bonchev–Trinajstić information content (AvgIpc) is 2.28. The third kappa shape index (κ3) is 2.29. The molecule has 0 aliphatic heterocycles. The lowest BCUT2D eigenvalue weighted by Crippen LogP contribution is -2.07. The predicted octanol–water partition coefficient (Wildman–Crippen LogP) is 2.22. The zero-order valence-electron chi connectivity index (χ0n) is 8.77. The minimum Gasteiger partial charge on any atom is -0.322 e. The van der Waals surface area contributed by atoms with Crippen molar-refractivity contribution in [1.29, 1.82) is 0 Å². The number of nitrogens with zero attached hydrogens (tertiary/aromatic N) is 1. The van der Waals surface area contributed by atoms with E-state index in [0.29, 0.717) is 23.2 Å². The summed E-state index contributed by atoms with van der Waals surface area (Å²) in [4.78, 5) is 24.2. The largest absolute Gasteiger partial charge is 0.322 e. The highest BCUT2D eigenvalue weighted by molar-refractivity contribution is 6.18. The third-order valence-corrected chi connectivity index (χ3v) is 2.68. The summed E-state index contributed by atoms with van der Waals surface area (Å²) < 4.78 is 0. The standard InChI is InChI=1S/C11H9ClN2O3/c12-4-3-7-5-11(15)13-10-2-1-8(14(16)17)6-9(7)10/h1-2,5-6H,3-4H2,(H,13,15). The molecule has 0 saturated carbocycles. The van der Waals surface area contributed by atoms with Gasteiger partial charge in [0.05, 0.1) is 4.92 Å². The Balaban J connectivity index is 2.73. The number of aryl methyl sites for hydroxylation is 1. The second kappa shape index (κ2) is 4.55. The van der Waals surface area contributed by atoms with E-state index in [1.165, 1.54) is 24.3 Å². The van der Waals surface area contributed by atoms with Gasteiger partial charge in [0.25, 0.3) is 5.69 Å². The summed E-state index contributed by atoms with van der Waals surface area (Å²) in [7, 11) is 0. The van der Waals surface area contributed by atoms with Gasteiger partial charge in [-0.1, -0.05) is 0 Å². The molecule has 88 valence electrons. The fourth-order valence-electron chi connectivity index (χ4n) is 1.73. The number of hydrogen-bond donors (Lipinski definition) is 1. The molecule has 5 nitrogen and oxygen atoms in total. The Morgan fingerprint density at radius 3 is 2.76 bits per heavy atom. The minimum absolute atomic E-state index is 0.000344. The molecule has 0 aliphatic carbocycles. The van der Waals surface area contributed by atoms with Crippen LogP contribution in [0.3, 0.4) is 0 Å². The maximum absolute atomic E-state index is 11.4. The monoisotopic (exact) mass is 252 g/mol. The maximum atomic E-state index is 11.4. The normalized spacial score (nSPS) is 10.6. The quantitative estimate of drug-likeness (QED) is 0.517. The molecule has 17 heavy (non-hydrogen) atoms. The van der Waals surface area contributed by atoms with Gasteiger partial charge in [-0.05, 0) is 18.1 Å². The van der Waals surface area contributed by atoms with E-state index >= 15 is 0 Å². The zero-order valence-corrected chi connectivity index (χ0v) is 9.53. The Labute approximate surface area is 101 Å². The van der Waals surface area contributed by atoms with Crippen LogP contribution in [0.5, 0.6) is 0 Å². The molecule has 1 N–H and O–H groups in total. The van der Waals surface area contributed by atoms with Crippen LogP contribution in [0, 0.1) is 10.1 Å². The number of aromatic amines is 1. The Bertz CT molecular complexity index is 636. The Kier molecular flexibility index (Phi) is 3.10. The van der Waals surface area contributed by atoms with Crippen molar-refractivity contribution in [1.82, 2.24) is 4.98 Å². The molecule has 0 radical (unpaired) electrons. The highest BCUT2D eigenvalue weighted by Crippen LogP contribution is 2.21. The maximum Gasteiger partial charge on any atom is 0.270 e. The van der Waals surface area contributed by atoms with E-state index in [-0.39, 0.29) is 11.2 Å². The van der Waals surface area contributed by atoms with E-state index in [2.05, 4.69) is 4.98 Å². The van der Waals surface area contributed by atoms with Crippen molar-refractivity contribution in [2.45, 2.75) is 6.42 Å². The van der Waals surface area contributed by atoms with E-state index < -0.39 is 4.92 Å². The van der Waals surface area contributed by atoms with E-state index in [4.69, 9.17) is 11.6 Å². The Morgan fingerprint density at radius 1 is 1.35 bits per heavy atom. The Morgan fingerprint density at radius 2 is 2.12 bits per heavy atom. The third-order valence-electron chi connectivity index (χ3n) is 2.49. The summed E-state index contributed by atoms with van der Waals surface area (Å²) in [5, 5.41) is 11.4. The number of fused-ring (bicyclic) bond motifs is 1. The lowest BCUT2D eigenvalue weighted by atomic mass is 10.1. The van der Waals surface area contributed by atoms with Gasteiger partial charge in [0.2, 0.25) is 5.56 Å². The highest BCUT2D eigenvalue weighted by atomic mass is 35.5. The van der Waals surface area contributed by atoms with Crippen LogP contribution in [0.1, 0.15) is 5.56 Å². The molecule has 1 aromatic heterocycles. The van der Waals surface area contributed by atoms with Gasteiger partial charge in [-0.3, -0.25) is 14.9 Å². The first-order valence-electron chi connectivity index (χ1n) is 4.98. The number of alkyl halides is 1. The molecule has 0 saturated heterocycles. The number of nitrogens with one attached hydrogen (secondary N) is 1. The molecule has 0 fully saturated rings. The van der Waals surface area contributed by atoms with Crippen LogP contribution in [0.15, 0.2) is 29.1 Å². The average molecular weight is 253 g/mol. The fraction of sp³-hybridized carbons (Fsp3) is 0.182. The molecule has 1 heterocycles. The topological polar surface area (TPSA) is 76.0 Å². The van der Waals surface area contributed by atoms with E-state index in [0.717, 1.165) is 5.56 Å². The van der Waals surface area contributed by atoms with Crippen molar-refractivity contribution < 1.29 is 4.92 Å². The number of pyridine rings is 1. The summed E-state index contributed by atoms with van der Waals surface area (Å²) in [5.41, 5.74) is 1.08. The van der Waals surface area contributed by atoms with Gasteiger partial charge in [-0.15, -0.1) is 11.6 Å². The second-order valence-electron chi connectivity index (χ2n) is 3.58. The number of non-ortho nitro benzene ring substituents is 1. The molecule has 0 spiro atoms. The summed E-state index contributed by atoms with van der Waals surface area (Å²) in [6.07, 6.45) is 0.503. The molecular weight excluding hydrogens is 244 g/mol. The number of rotatable bonds is 3. The number of aromatic nitrogens is 1. The molecule has 2 aromatic rings. The van der Waals surface area contributed by atoms with Crippen molar-refractivity contribution in [3.8, 4) is 0 Å². The number of nitro benzene ring substituents is 1. The van der Waals surface area contributed by atoms with Crippen molar-refractivity contribution >= 4 is 28.2 Å². The first kappa shape index (κ1) is 11.6. The van der Waals surface area contributed by atoms with Gasteiger partial charge < -0.3 is 4.98 Å².